The van der Waals surface area contributed by atoms with E-state index < -0.39 is 83.1 Å². The van der Waals surface area contributed by atoms with Gasteiger partial charge in [-0.1, -0.05) is 39.3 Å². The van der Waals surface area contributed by atoms with E-state index in [-0.39, 0.29) is 35.2 Å². The van der Waals surface area contributed by atoms with Gasteiger partial charge in [-0.05, 0) is 98.7 Å². The van der Waals surface area contributed by atoms with Gasteiger partial charge in [0, 0.05) is 5.41 Å². The van der Waals surface area contributed by atoms with Crippen LogP contribution in [0, 0.1) is 50.2 Å². The summed E-state index contributed by atoms with van der Waals surface area (Å²) in [5.41, 5.74) is -2.72. The molecule has 0 spiro atoms. The van der Waals surface area contributed by atoms with Crippen molar-refractivity contribution in [2.24, 2.45) is 50.2 Å². The number of ether oxygens (including phenoxy) is 3. The van der Waals surface area contributed by atoms with Crippen LogP contribution in [0.2, 0.25) is 0 Å². The van der Waals surface area contributed by atoms with Crippen molar-refractivity contribution in [1.29, 1.82) is 0 Å². The number of carbonyl (C=O) groups excluding carboxylic acids is 2. The predicted octanol–water partition coefficient (Wildman–Crippen LogP) is 1.59. The molecule has 1 saturated heterocycles. The van der Waals surface area contributed by atoms with Crippen LogP contribution in [0.1, 0.15) is 92.4 Å². The molecule has 4 saturated carbocycles. The lowest BCUT2D eigenvalue weighted by Crippen LogP contribution is -2.68. The van der Waals surface area contributed by atoms with Crippen molar-refractivity contribution in [2.75, 3.05) is 20.3 Å². The van der Waals surface area contributed by atoms with Crippen LogP contribution in [-0.2, 0) is 23.8 Å². The Labute approximate surface area is 288 Å². The van der Waals surface area contributed by atoms with Crippen LogP contribution in [0.3, 0.4) is 0 Å². The summed E-state index contributed by atoms with van der Waals surface area (Å²) in [5.74, 6) is -1.26. The minimum Gasteiger partial charge on any atom is -0.469 e. The van der Waals surface area contributed by atoms with E-state index in [0.717, 1.165) is 18.4 Å². The summed E-state index contributed by atoms with van der Waals surface area (Å²) < 4.78 is 16.7. The van der Waals surface area contributed by atoms with Gasteiger partial charge in [-0.15, -0.1) is 0 Å². The molecule has 16 atom stereocenters. The van der Waals surface area contributed by atoms with Crippen molar-refractivity contribution >= 4 is 11.9 Å². The van der Waals surface area contributed by atoms with Crippen molar-refractivity contribution in [3.8, 4) is 0 Å². The molecule has 1 aliphatic heterocycles. The van der Waals surface area contributed by atoms with Gasteiger partial charge in [0.2, 0.25) is 6.29 Å². The lowest BCUT2D eigenvalue weighted by molar-refractivity contribution is -0.297. The van der Waals surface area contributed by atoms with Crippen molar-refractivity contribution < 1.29 is 59.5 Å². The molecule has 0 unspecified atom stereocenters. The topological polar surface area (TPSA) is 203 Å². The number of fused-ring (bicyclic) bond motifs is 7. The maximum Gasteiger partial charge on any atom is 0.315 e. The smallest absolute Gasteiger partial charge is 0.315 e. The zero-order valence-corrected chi connectivity index (χ0v) is 29.8. The Morgan fingerprint density at radius 2 is 1.53 bits per heavy atom. The summed E-state index contributed by atoms with van der Waals surface area (Å²) in [6.45, 7) is 9.70. The third-order valence-electron chi connectivity index (χ3n) is 15.7. The Bertz CT molecular complexity index is 1350. The summed E-state index contributed by atoms with van der Waals surface area (Å²) >= 11 is 0. The van der Waals surface area contributed by atoms with Crippen molar-refractivity contribution in [1.82, 2.24) is 0 Å². The number of methoxy groups -OCH3 is 1. The molecule has 12 nitrogen and oxygen atoms in total. The molecule has 0 bridgehead atoms. The second-order valence-electron chi connectivity index (χ2n) is 17.7. The maximum absolute atomic E-state index is 14.5. The van der Waals surface area contributed by atoms with Crippen LogP contribution in [0.5, 0.6) is 0 Å². The molecule has 0 aromatic heterocycles. The zero-order valence-electron chi connectivity index (χ0n) is 29.8. The molecule has 6 rings (SSSR count). The van der Waals surface area contributed by atoms with Crippen LogP contribution in [-0.4, -0.2) is 111 Å². The van der Waals surface area contributed by atoms with Gasteiger partial charge < -0.3 is 50.0 Å². The summed E-state index contributed by atoms with van der Waals surface area (Å²) in [6, 6.07) is 0. The highest BCUT2D eigenvalue weighted by Crippen LogP contribution is 2.76. The third kappa shape index (κ3) is 4.98. The number of allylic oxidation sites excluding steroid dienone is 2. The Morgan fingerprint density at radius 3 is 2.16 bits per heavy atom. The van der Waals surface area contributed by atoms with Gasteiger partial charge in [0.25, 0.3) is 0 Å². The second-order valence-corrected chi connectivity index (χ2v) is 17.7. The number of hydrogen-bond donors (Lipinski definition) is 7. The Hall–Kier alpha value is -1.64. The largest absolute Gasteiger partial charge is 0.469 e. The van der Waals surface area contributed by atoms with Gasteiger partial charge in [0.15, 0.2) is 0 Å². The molecule has 5 fully saturated rings. The number of hydrogen-bond acceptors (Lipinski definition) is 12. The van der Waals surface area contributed by atoms with Crippen molar-refractivity contribution in [2.45, 2.75) is 135 Å². The first-order valence-electron chi connectivity index (χ1n) is 18.1. The average Bonchev–Trinajstić information content (AvgIpc) is 3.07. The van der Waals surface area contributed by atoms with E-state index in [0.29, 0.717) is 44.9 Å². The highest BCUT2D eigenvalue weighted by Gasteiger charge is 2.71. The van der Waals surface area contributed by atoms with Crippen LogP contribution in [0.15, 0.2) is 11.6 Å². The van der Waals surface area contributed by atoms with Gasteiger partial charge in [0.1, 0.15) is 24.4 Å². The molecule has 0 aromatic carbocycles. The fourth-order valence-corrected chi connectivity index (χ4v) is 12.4. The number of aliphatic hydroxyl groups excluding tert-OH is 7. The molecular weight excluding hydrogens is 636 g/mol. The number of rotatable bonds is 5. The first-order chi connectivity index (χ1) is 22.8. The molecule has 49 heavy (non-hydrogen) atoms. The Morgan fingerprint density at radius 1 is 0.857 bits per heavy atom. The summed E-state index contributed by atoms with van der Waals surface area (Å²) in [7, 11) is 1.37. The number of carbonyl (C=O) groups is 2. The van der Waals surface area contributed by atoms with Gasteiger partial charge >= 0.3 is 11.9 Å². The normalized spacial score (nSPS) is 53.9. The average molecular weight is 695 g/mol. The van der Waals surface area contributed by atoms with Crippen molar-refractivity contribution in [3.63, 3.8) is 0 Å². The first kappa shape index (κ1) is 37.1. The first-order valence-corrected chi connectivity index (χ1v) is 18.1. The molecule has 0 aromatic rings. The molecule has 7 N–H and O–H groups in total. The number of aliphatic hydroxyl groups is 7. The monoisotopic (exact) mass is 694 g/mol. The number of esters is 2. The summed E-state index contributed by atoms with van der Waals surface area (Å²) in [4.78, 5) is 27.8. The molecule has 12 heteroatoms. The van der Waals surface area contributed by atoms with Crippen LogP contribution < -0.4 is 0 Å². The van der Waals surface area contributed by atoms with Gasteiger partial charge in [-0.25, -0.2) is 0 Å². The standard InChI is InChI=1S/C37H58O12/c1-32(30(45)47-6)11-13-37(31(46)49-29-27(43)26(42)25(41)22(17-38)48-29)14-12-35(4)19(20(37)15-32)7-8-24-33(2)16-21(40)28(44)34(3,18-39)23(33)9-10-36(24,35)5/h7,20-29,38-44H,8-18H2,1-6H3/t20-,21-,22+,23+,24+,25+,26-,27+,28-,29-,32-,33-,34-,35+,36+,37-/m0/s1. The van der Waals surface area contributed by atoms with E-state index in [1.54, 1.807) is 0 Å². The summed E-state index contributed by atoms with van der Waals surface area (Å²) in [5, 5.41) is 74.0. The van der Waals surface area contributed by atoms with Gasteiger partial charge in [-0.3, -0.25) is 9.59 Å². The summed E-state index contributed by atoms with van der Waals surface area (Å²) in [6.07, 6.45) is -2.76. The van der Waals surface area contributed by atoms with Crippen LogP contribution in [0.25, 0.3) is 0 Å². The fraction of sp³-hybridized carbons (Fsp3) is 0.892. The Kier molecular flexibility index (Phi) is 9.26. The van der Waals surface area contributed by atoms with Gasteiger partial charge in [0.05, 0.1) is 43.4 Å². The van der Waals surface area contributed by atoms with E-state index >= 15 is 0 Å². The van der Waals surface area contributed by atoms with Crippen LogP contribution in [0.4, 0.5) is 0 Å². The Balaban J connectivity index is 1.40. The highest BCUT2D eigenvalue weighted by molar-refractivity contribution is 5.81. The minimum atomic E-state index is -1.73. The van der Waals surface area contributed by atoms with E-state index in [1.807, 2.05) is 13.8 Å². The zero-order chi connectivity index (χ0) is 36.1. The molecule has 6 aliphatic rings. The third-order valence-corrected chi connectivity index (χ3v) is 15.7. The minimum absolute atomic E-state index is 0.00600. The van der Waals surface area contributed by atoms with Crippen molar-refractivity contribution in [3.05, 3.63) is 11.6 Å². The molecule has 5 aliphatic carbocycles. The fourth-order valence-electron chi connectivity index (χ4n) is 12.4. The molecule has 0 amide bonds. The predicted molar refractivity (Wildman–Crippen MR) is 174 cm³/mol. The lowest BCUT2D eigenvalue weighted by Gasteiger charge is -2.71. The van der Waals surface area contributed by atoms with Crippen LogP contribution >= 0.6 is 0 Å². The van der Waals surface area contributed by atoms with E-state index in [4.69, 9.17) is 14.2 Å². The van der Waals surface area contributed by atoms with Gasteiger partial charge in [-0.2, -0.15) is 0 Å². The van der Waals surface area contributed by atoms with E-state index in [9.17, 15) is 45.3 Å². The molecular formula is C37H58O12. The maximum atomic E-state index is 14.5. The second kappa shape index (κ2) is 12.2. The SMILES string of the molecule is COC(=O)[C@@]1(C)CC[C@]2(C(=O)O[C@@H]3O[C@H](CO)[C@@H](O)[C@H](O)[C@H]3O)CC[C@]3(C)C(=CC[C@@H]4[C@@]5(C)C[C@H](O)[C@H](O)[C@@](C)(CO)[C@@H]5CC[C@]43C)[C@@H]2C1. The molecule has 278 valence electrons. The molecule has 0 radical (unpaired) electrons. The highest BCUT2D eigenvalue weighted by atomic mass is 16.7. The quantitative estimate of drug-likeness (QED) is 0.162. The lowest BCUT2D eigenvalue weighted by atomic mass is 9.33. The molecule has 1 heterocycles. The van der Waals surface area contributed by atoms with E-state index in [2.05, 4.69) is 26.8 Å². The van der Waals surface area contributed by atoms with E-state index in [1.165, 1.54) is 7.11 Å².